The van der Waals surface area contributed by atoms with E-state index in [1.165, 1.54) is 0 Å². The van der Waals surface area contributed by atoms with E-state index >= 15 is 0 Å². The van der Waals surface area contributed by atoms with Crippen LogP contribution in [0.25, 0.3) is 0 Å². The van der Waals surface area contributed by atoms with E-state index < -0.39 is 0 Å². The number of carbonyl (C=O) groups is 1. The first kappa shape index (κ1) is 10.4. The molecule has 0 spiro atoms. The summed E-state index contributed by atoms with van der Waals surface area (Å²) in [5.41, 5.74) is 0. The third-order valence-corrected chi connectivity index (χ3v) is 3.25. The molecular weight excluding hydrogens is 184 g/mol. The van der Waals surface area contributed by atoms with Gasteiger partial charge in [0.15, 0.2) is 0 Å². The second-order valence-corrected chi connectivity index (χ2v) is 4.48. The lowest BCUT2D eigenvalue weighted by molar-refractivity contribution is -0.124. The third kappa shape index (κ3) is 3.27. The molecule has 0 aromatic rings. The molecule has 0 aromatic carbocycles. The van der Waals surface area contributed by atoms with Gasteiger partial charge >= 0.3 is 0 Å². The van der Waals surface area contributed by atoms with Crippen LogP contribution >= 0.6 is 11.8 Å². The maximum Gasteiger partial charge on any atom is 0.224 e. The fraction of sp³-hybridized carbons (Fsp3) is 0.778. The summed E-state index contributed by atoms with van der Waals surface area (Å²) < 4.78 is 0. The van der Waals surface area contributed by atoms with E-state index in [9.17, 15) is 4.79 Å². The maximum absolute atomic E-state index is 11.5. The third-order valence-electron chi connectivity index (χ3n) is 2.09. The highest BCUT2D eigenvalue weighted by atomic mass is 32.2. The van der Waals surface area contributed by atoms with Crippen LogP contribution in [-0.4, -0.2) is 23.5 Å². The van der Waals surface area contributed by atoms with Gasteiger partial charge in [0.2, 0.25) is 5.91 Å². The second kappa shape index (κ2) is 5.13. The van der Waals surface area contributed by atoms with Crippen molar-refractivity contribution in [3.63, 3.8) is 0 Å². The number of rotatable bonds is 3. The van der Waals surface area contributed by atoms with Crippen LogP contribution in [0.3, 0.4) is 0 Å². The number of hydrogen-bond acceptors (Lipinski definition) is 3. The normalized spacial score (nSPS) is 23.5. The summed E-state index contributed by atoms with van der Waals surface area (Å²) in [5, 5.41) is 11.3. The van der Waals surface area contributed by atoms with Crippen molar-refractivity contribution in [3.05, 3.63) is 0 Å². The molecule has 72 valence electrons. The molecule has 1 fully saturated rings. The zero-order valence-corrected chi connectivity index (χ0v) is 8.56. The van der Waals surface area contributed by atoms with Crippen molar-refractivity contribution in [1.82, 2.24) is 5.32 Å². The lowest BCUT2D eigenvalue weighted by Crippen LogP contribution is -2.37. The van der Waals surface area contributed by atoms with Crippen molar-refractivity contribution < 1.29 is 4.79 Å². The minimum absolute atomic E-state index is 0.0110. The van der Waals surface area contributed by atoms with Gasteiger partial charge < -0.3 is 5.32 Å². The maximum atomic E-state index is 11.5. The molecule has 1 amide bonds. The number of carbonyl (C=O) groups excluding carboxylic acids is 1. The average Bonchev–Trinajstić information content (AvgIpc) is 2.55. The Morgan fingerprint density at radius 2 is 2.62 bits per heavy atom. The second-order valence-electron chi connectivity index (χ2n) is 3.33. The number of nitrogens with zero attached hydrogens (tertiary/aromatic N) is 1. The summed E-state index contributed by atoms with van der Waals surface area (Å²) in [7, 11) is 0. The fourth-order valence-electron chi connectivity index (χ4n) is 1.29. The molecular formula is C9H14N2OS. The van der Waals surface area contributed by atoms with Gasteiger partial charge in [-0.1, -0.05) is 0 Å². The van der Waals surface area contributed by atoms with Gasteiger partial charge in [-0.25, -0.2) is 0 Å². The molecule has 13 heavy (non-hydrogen) atoms. The van der Waals surface area contributed by atoms with E-state index in [2.05, 4.69) is 5.32 Å². The molecule has 0 bridgehead atoms. The Morgan fingerprint density at radius 3 is 3.15 bits per heavy atom. The van der Waals surface area contributed by atoms with Gasteiger partial charge in [-0.2, -0.15) is 17.0 Å². The van der Waals surface area contributed by atoms with Crippen molar-refractivity contribution >= 4 is 17.7 Å². The highest BCUT2D eigenvalue weighted by Crippen LogP contribution is 2.23. The monoisotopic (exact) mass is 198 g/mol. The summed E-state index contributed by atoms with van der Waals surface area (Å²) in [4.78, 5) is 11.5. The standard InChI is InChI=1S/C9H14N2OS/c1-7(2-4-10)11-9(12)8-3-5-13-6-8/h7-8H,2-3,5-6H2,1H3,(H,11,12). The van der Waals surface area contributed by atoms with E-state index in [1.54, 1.807) is 0 Å². The summed E-state index contributed by atoms with van der Waals surface area (Å²) in [6, 6.07) is 2.03. The predicted molar refractivity (Wildman–Crippen MR) is 53.3 cm³/mol. The summed E-state index contributed by atoms with van der Waals surface area (Å²) in [5.74, 6) is 2.31. The fourth-order valence-corrected chi connectivity index (χ4v) is 2.51. The Bertz CT molecular complexity index is 218. The van der Waals surface area contributed by atoms with Crippen LogP contribution < -0.4 is 5.32 Å². The minimum atomic E-state index is -0.0110. The molecule has 0 aromatic heterocycles. The molecule has 1 saturated heterocycles. The molecule has 2 unspecified atom stereocenters. The summed E-state index contributed by atoms with van der Waals surface area (Å²) in [6.07, 6.45) is 1.38. The Hall–Kier alpha value is -0.690. The molecule has 1 aliphatic heterocycles. The average molecular weight is 198 g/mol. The van der Waals surface area contributed by atoms with Crippen LogP contribution in [-0.2, 0) is 4.79 Å². The smallest absolute Gasteiger partial charge is 0.224 e. The van der Waals surface area contributed by atoms with Gasteiger partial charge in [-0.15, -0.1) is 0 Å². The first-order valence-electron chi connectivity index (χ1n) is 4.49. The van der Waals surface area contributed by atoms with Crippen molar-refractivity contribution in [2.45, 2.75) is 25.8 Å². The largest absolute Gasteiger partial charge is 0.352 e. The van der Waals surface area contributed by atoms with Crippen molar-refractivity contribution in [3.8, 4) is 6.07 Å². The van der Waals surface area contributed by atoms with E-state index in [4.69, 9.17) is 5.26 Å². The number of amides is 1. The van der Waals surface area contributed by atoms with Crippen molar-refractivity contribution in [2.24, 2.45) is 5.92 Å². The van der Waals surface area contributed by atoms with E-state index in [1.807, 2.05) is 24.8 Å². The molecule has 2 atom stereocenters. The predicted octanol–water partition coefficient (Wildman–Crippen LogP) is 1.16. The summed E-state index contributed by atoms with van der Waals surface area (Å²) >= 11 is 1.83. The zero-order valence-electron chi connectivity index (χ0n) is 7.75. The minimum Gasteiger partial charge on any atom is -0.352 e. The molecule has 1 N–H and O–H groups in total. The van der Waals surface area contributed by atoms with Gasteiger partial charge in [-0.05, 0) is 19.1 Å². The topological polar surface area (TPSA) is 52.9 Å². The van der Waals surface area contributed by atoms with Crippen LogP contribution in [0.5, 0.6) is 0 Å². The molecule has 3 nitrogen and oxygen atoms in total. The van der Waals surface area contributed by atoms with E-state index in [0.717, 1.165) is 17.9 Å². The van der Waals surface area contributed by atoms with Gasteiger partial charge in [-0.3, -0.25) is 4.79 Å². The molecule has 1 aliphatic rings. The SMILES string of the molecule is CC(CC#N)NC(=O)C1CCSC1. The number of nitrogens with one attached hydrogen (secondary N) is 1. The first-order chi connectivity index (χ1) is 6.24. The molecule has 0 saturated carbocycles. The first-order valence-corrected chi connectivity index (χ1v) is 5.64. The van der Waals surface area contributed by atoms with Gasteiger partial charge in [0.1, 0.15) is 0 Å². The molecule has 4 heteroatoms. The number of thioether (sulfide) groups is 1. The highest BCUT2D eigenvalue weighted by molar-refractivity contribution is 7.99. The lowest BCUT2D eigenvalue weighted by Gasteiger charge is -2.13. The Balaban J connectivity index is 2.28. The van der Waals surface area contributed by atoms with Crippen molar-refractivity contribution in [2.75, 3.05) is 11.5 Å². The Labute approximate surface area is 82.9 Å². The summed E-state index contributed by atoms with van der Waals surface area (Å²) in [6.45, 7) is 1.86. The quantitative estimate of drug-likeness (QED) is 0.740. The van der Waals surface area contributed by atoms with Crippen LogP contribution in [0.2, 0.25) is 0 Å². The van der Waals surface area contributed by atoms with E-state index in [-0.39, 0.29) is 17.9 Å². The van der Waals surface area contributed by atoms with Crippen LogP contribution in [0.4, 0.5) is 0 Å². The van der Waals surface area contributed by atoms with Gasteiger partial charge in [0.05, 0.1) is 12.5 Å². The number of hydrogen-bond donors (Lipinski definition) is 1. The molecule has 1 heterocycles. The van der Waals surface area contributed by atoms with Gasteiger partial charge in [0.25, 0.3) is 0 Å². The molecule has 1 rings (SSSR count). The molecule has 0 radical (unpaired) electrons. The van der Waals surface area contributed by atoms with Crippen LogP contribution in [0.1, 0.15) is 19.8 Å². The number of nitriles is 1. The van der Waals surface area contributed by atoms with Crippen molar-refractivity contribution in [1.29, 1.82) is 5.26 Å². The molecule has 0 aliphatic carbocycles. The van der Waals surface area contributed by atoms with Gasteiger partial charge in [0, 0.05) is 17.7 Å². The highest BCUT2D eigenvalue weighted by Gasteiger charge is 2.23. The zero-order chi connectivity index (χ0) is 9.68. The van der Waals surface area contributed by atoms with Crippen LogP contribution in [0, 0.1) is 17.2 Å². The Morgan fingerprint density at radius 1 is 1.85 bits per heavy atom. The van der Waals surface area contributed by atoms with E-state index in [0.29, 0.717) is 6.42 Å². The van der Waals surface area contributed by atoms with Crippen LogP contribution in [0.15, 0.2) is 0 Å². The Kier molecular flexibility index (Phi) is 4.10. The lowest BCUT2D eigenvalue weighted by atomic mass is 10.1.